The molecule has 0 aliphatic rings. The number of primary amides is 1. The molecule has 10 heavy (non-hydrogen) atoms. The second-order valence-corrected chi connectivity index (χ2v) is 1.57. The van der Waals surface area contributed by atoms with Crippen molar-refractivity contribution in [3.63, 3.8) is 0 Å². The summed E-state index contributed by atoms with van der Waals surface area (Å²) in [7, 11) is 0. The summed E-state index contributed by atoms with van der Waals surface area (Å²) in [6, 6.07) is 0. The molecule has 0 aromatic rings. The highest BCUT2D eigenvalue weighted by molar-refractivity contribution is 5.84. The molecule has 3 nitrogen and oxygen atoms in total. The van der Waals surface area contributed by atoms with Crippen LogP contribution in [0.4, 0.5) is 0 Å². The second kappa shape index (κ2) is 7.62. The fraction of sp³-hybridized carbons (Fsp3) is 0.143. The molecule has 0 unspecified atom stereocenters. The summed E-state index contributed by atoms with van der Waals surface area (Å²) in [6.07, 6.45) is 1.78. The van der Waals surface area contributed by atoms with Gasteiger partial charge in [0, 0.05) is 0 Å². The highest BCUT2D eigenvalue weighted by Crippen LogP contribution is 1.70. The monoisotopic (exact) mass is 141 g/mol. The first-order valence-corrected chi connectivity index (χ1v) is 2.57. The van der Waals surface area contributed by atoms with Crippen LogP contribution in [-0.4, -0.2) is 12.2 Å². The maximum atomic E-state index is 9.47. The summed E-state index contributed by atoms with van der Waals surface area (Å²) in [4.78, 5) is 18.9. The van der Waals surface area contributed by atoms with E-state index >= 15 is 0 Å². The third-order valence-corrected chi connectivity index (χ3v) is 0.402. The predicted molar refractivity (Wildman–Crippen MR) is 40.3 cm³/mol. The van der Waals surface area contributed by atoms with E-state index in [0.717, 1.165) is 12.4 Å². The molecule has 0 rings (SSSR count). The van der Waals surface area contributed by atoms with Crippen LogP contribution in [0.5, 0.6) is 0 Å². The molecule has 0 radical (unpaired) electrons. The first-order valence-electron chi connectivity index (χ1n) is 2.57. The standard InChI is InChI=1S/C4H6O.C3H5NO/c1-4(2)3-5;1-2-3(4)5/h3H,1H2,2H3;2H,1H2,(H2,4,5). The van der Waals surface area contributed by atoms with Crippen LogP contribution in [0, 0.1) is 0 Å². The van der Waals surface area contributed by atoms with Crippen molar-refractivity contribution in [3.05, 3.63) is 24.8 Å². The van der Waals surface area contributed by atoms with E-state index in [4.69, 9.17) is 0 Å². The lowest BCUT2D eigenvalue weighted by molar-refractivity contribution is -0.113. The Bertz CT molecular complexity index is 132. The molecule has 1 amide bonds. The van der Waals surface area contributed by atoms with Crippen LogP contribution in [0.1, 0.15) is 6.92 Å². The van der Waals surface area contributed by atoms with Gasteiger partial charge in [0.1, 0.15) is 6.29 Å². The smallest absolute Gasteiger partial charge is 0.240 e. The van der Waals surface area contributed by atoms with E-state index in [0.29, 0.717) is 5.57 Å². The van der Waals surface area contributed by atoms with E-state index in [-0.39, 0.29) is 0 Å². The van der Waals surface area contributed by atoms with Crippen LogP contribution < -0.4 is 5.73 Å². The molecule has 0 aliphatic carbocycles. The molecule has 56 valence electrons. The highest BCUT2D eigenvalue weighted by atomic mass is 16.1. The van der Waals surface area contributed by atoms with Crippen molar-refractivity contribution < 1.29 is 9.59 Å². The minimum atomic E-state index is -0.481. The van der Waals surface area contributed by atoms with E-state index in [2.05, 4.69) is 18.9 Å². The van der Waals surface area contributed by atoms with Crippen molar-refractivity contribution in [2.45, 2.75) is 6.92 Å². The topological polar surface area (TPSA) is 60.2 Å². The molecule has 0 bridgehead atoms. The number of carbonyl (C=O) groups is 2. The van der Waals surface area contributed by atoms with Crippen molar-refractivity contribution >= 4 is 12.2 Å². The minimum absolute atomic E-state index is 0.481. The Labute approximate surface area is 60.2 Å². The Morgan fingerprint density at radius 1 is 1.60 bits per heavy atom. The predicted octanol–water partition coefficient (Wildman–Crippen LogP) is 0.419. The van der Waals surface area contributed by atoms with Gasteiger partial charge in [-0.25, -0.2) is 0 Å². The summed E-state index contributed by atoms with van der Waals surface area (Å²) >= 11 is 0. The van der Waals surface area contributed by atoms with Gasteiger partial charge in [-0.3, -0.25) is 9.59 Å². The molecule has 0 atom stereocenters. The van der Waals surface area contributed by atoms with Crippen LogP contribution in [0.15, 0.2) is 24.8 Å². The van der Waals surface area contributed by atoms with Gasteiger partial charge in [0.25, 0.3) is 0 Å². The fourth-order valence-electron chi connectivity index (χ4n) is 0. The van der Waals surface area contributed by atoms with Gasteiger partial charge in [0.15, 0.2) is 0 Å². The molecule has 0 saturated carbocycles. The molecule has 0 aliphatic heterocycles. The fourth-order valence-corrected chi connectivity index (χ4v) is 0. The Kier molecular flexibility index (Phi) is 8.70. The number of amides is 1. The Morgan fingerprint density at radius 3 is 1.80 bits per heavy atom. The van der Waals surface area contributed by atoms with Crippen LogP contribution in [0.25, 0.3) is 0 Å². The summed E-state index contributed by atoms with van der Waals surface area (Å²) in [6.45, 7) is 8.05. The van der Waals surface area contributed by atoms with Crippen LogP contribution in [-0.2, 0) is 9.59 Å². The number of aldehydes is 1. The summed E-state index contributed by atoms with van der Waals surface area (Å²) < 4.78 is 0. The van der Waals surface area contributed by atoms with E-state index in [1.165, 1.54) is 0 Å². The number of hydrogen-bond acceptors (Lipinski definition) is 2. The second-order valence-electron chi connectivity index (χ2n) is 1.57. The lowest BCUT2D eigenvalue weighted by Gasteiger charge is -1.65. The van der Waals surface area contributed by atoms with Gasteiger partial charge in [-0.15, -0.1) is 0 Å². The normalized spacial score (nSPS) is 6.50. The molecular formula is C7H11NO2. The summed E-state index contributed by atoms with van der Waals surface area (Å²) in [5.41, 5.74) is 5.11. The molecular weight excluding hydrogens is 130 g/mol. The van der Waals surface area contributed by atoms with Gasteiger partial charge in [-0.1, -0.05) is 13.2 Å². The molecule has 0 aromatic heterocycles. The number of allylic oxidation sites excluding steroid dienone is 1. The van der Waals surface area contributed by atoms with E-state index < -0.39 is 5.91 Å². The highest BCUT2D eigenvalue weighted by Gasteiger charge is 1.69. The molecule has 0 heterocycles. The zero-order chi connectivity index (χ0) is 8.57. The summed E-state index contributed by atoms with van der Waals surface area (Å²) in [5, 5.41) is 0. The first kappa shape index (κ1) is 11.4. The lowest BCUT2D eigenvalue weighted by atomic mass is 10.4. The molecule has 2 N–H and O–H groups in total. The number of nitrogens with two attached hydrogens (primary N) is 1. The van der Waals surface area contributed by atoms with Crippen molar-refractivity contribution in [1.29, 1.82) is 0 Å². The minimum Gasteiger partial charge on any atom is -0.366 e. The van der Waals surface area contributed by atoms with Gasteiger partial charge in [0.05, 0.1) is 0 Å². The van der Waals surface area contributed by atoms with Gasteiger partial charge < -0.3 is 5.73 Å². The molecule has 3 heteroatoms. The zero-order valence-electron chi connectivity index (χ0n) is 5.96. The maximum Gasteiger partial charge on any atom is 0.240 e. The van der Waals surface area contributed by atoms with Crippen LogP contribution in [0.3, 0.4) is 0 Å². The van der Waals surface area contributed by atoms with Gasteiger partial charge >= 0.3 is 0 Å². The zero-order valence-corrected chi connectivity index (χ0v) is 5.96. The Hall–Kier alpha value is -1.38. The quantitative estimate of drug-likeness (QED) is 0.447. The third-order valence-electron chi connectivity index (χ3n) is 0.402. The number of hydrogen-bond donors (Lipinski definition) is 1. The number of carbonyl (C=O) groups excluding carboxylic acids is 2. The van der Waals surface area contributed by atoms with Crippen molar-refractivity contribution in [2.24, 2.45) is 5.73 Å². The Balaban J connectivity index is 0. The van der Waals surface area contributed by atoms with E-state index in [9.17, 15) is 9.59 Å². The average molecular weight is 141 g/mol. The third kappa shape index (κ3) is 30.5. The van der Waals surface area contributed by atoms with E-state index in [1.54, 1.807) is 6.92 Å². The van der Waals surface area contributed by atoms with Crippen molar-refractivity contribution in [3.8, 4) is 0 Å². The molecule has 0 aromatic carbocycles. The van der Waals surface area contributed by atoms with Gasteiger partial charge in [-0.2, -0.15) is 0 Å². The molecule has 0 fully saturated rings. The Morgan fingerprint density at radius 2 is 1.80 bits per heavy atom. The van der Waals surface area contributed by atoms with Gasteiger partial charge in [0.2, 0.25) is 5.91 Å². The number of rotatable bonds is 2. The van der Waals surface area contributed by atoms with Crippen LogP contribution in [0.2, 0.25) is 0 Å². The SMILES string of the molecule is C=C(C)C=O.C=CC(N)=O. The molecule has 0 saturated heterocycles. The van der Waals surface area contributed by atoms with Crippen molar-refractivity contribution in [2.75, 3.05) is 0 Å². The largest absolute Gasteiger partial charge is 0.366 e. The summed E-state index contributed by atoms with van der Waals surface area (Å²) in [5.74, 6) is -0.481. The molecule has 0 spiro atoms. The van der Waals surface area contributed by atoms with Crippen molar-refractivity contribution in [1.82, 2.24) is 0 Å². The van der Waals surface area contributed by atoms with Crippen LogP contribution >= 0.6 is 0 Å². The van der Waals surface area contributed by atoms with Gasteiger partial charge in [-0.05, 0) is 18.6 Å². The average Bonchev–Trinajstić information content (AvgIpc) is 1.89. The maximum absolute atomic E-state index is 9.47. The first-order chi connectivity index (χ1) is 4.54. The van der Waals surface area contributed by atoms with E-state index in [1.807, 2.05) is 0 Å². The lowest BCUT2D eigenvalue weighted by Crippen LogP contribution is -2.04.